The smallest absolute Gasteiger partial charge is 0.0443 e. The molecule has 0 spiro atoms. The van der Waals surface area contributed by atoms with Gasteiger partial charge in [-0.25, -0.2) is 0 Å². The van der Waals surface area contributed by atoms with Crippen molar-refractivity contribution < 1.29 is 5.11 Å². The summed E-state index contributed by atoms with van der Waals surface area (Å²) in [7, 11) is 0. The number of halogens is 2. The molecule has 4 heteroatoms. The Morgan fingerprint density at radius 2 is 2.00 bits per heavy atom. The summed E-state index contributed by atoms with van der Waals surface area (Å²) in [6.45, 7) is 1.90. The number of rotatable bonds is 6. The Balaban J connectivity index is 2.33. The van der Waals surface area contributed by atoms with Crippen LogP contribution in [0.1, 0.15) is 12.0 Å². The average molecular weight is 248 g/mol. The second kappa shape index (κ2) is 7.07. The second-order valence-corrected chi connectivity index (χ2v) is 4.16. The molecule has 0 aliphatic carbocycles. The van der Waals surface area contributed by atoms with E-state index < -0.39 is 0 Å². The first-order chi connectivity index (χ1) is 7.24. The Morgan fingerprint density at radius 3 is 2.73 bits per heavy atom. The van der Waals surface area contributed by atoms with Crippen molar-refractivity contribution in [2.24, 2.45) is 0 Å². The fourth-order valence-corrected chi connectivity index (χ4v) is 1.69. The molecule has 1 aromatic carbocycles. The molecule has 0 saturated heterocycles. The fraction of sp³-hybridized carbons (Fsp3) is 0.455. The van der Waals surface area contributed by atoms with Crippen LogP contribution in [0.5, 0.6) is 0 Å². The van der Waals surface area contributed by atoms with Gasteiger partial charge in [0.1, 0.15) is 0 Å². The van der Waals surface area contributed by atoms with Crippen molar-refractivity contribution in [3.05, 3.63) is 33.8 Å². The molecule has 0 aliphatic rings. The van der Waals surface area contributed by atoms with Crippen LogP contribution in [0.15, 0.2) is 18.2 Å². The Labute approximate surface area is 100 Å². The van der Waals surface area contributed by atoms with Gasteiger partial charge in [0.05, 0.1) is 0 Å². The number of benzene rings is 1. The molecule has 2 nitrogen and oxygen atoms in total. The highest BCUT2D eigenvalue weighted by atomic mass is 35.5. The van der Waals surface area contributed by atoms with Crippen molar-refractivity contribution in [1.82, 2.24) is 5.32 Å². The third-order valence-electron chi connectivity index (χ3n) is 2.09. The van der Waals surface area contributed by atoms with Crippen molar-refractivity contribution >= 4 is 23.2 Å². The van der Waals surface area contributed by atoms with Crippen LogP contribution in [0.3, 0.4) is 0 Å². The third-order valence-corrected chi connectivity index (χ3v) is 2.69. The van der Waals surface area contributed by atoms with Crippen molar-refractivity contribution in [2.75, 3.05) is 19.7 Å². The fourth-order valence-electron chi connectivity index (χ4n) is 1.29. The van der Waals surface area contributed by atoms with Crippen LogP contribution in [0, 0.1) is 0 Å². The van der Waals surface area contributed by atoms with Crippen LogP contribution in [-0.2, 0) is 6.42 Å². The molecule has 15 heavy (non-hydrogen) atoms. The summed E-state index contributed by atoms with van der Waals surface area (Å²) in [6, 6.07) is 5.48. The maximum atomic E-state index is 8.58. The molecule has 0 bridgehead atoms. The standard InChI is InChI=1S/C11H15Cl2NO/c12-10-2-3-11(13)9(8-10)4-6-14-5-1-7-15/h2-3,8,14-15H,1,4-7H2. The van der Waals surface area contributed by atoms with Crippen molar-refractivity contribution in [1.29, 1.82) is 0 Å². The number of aliphatic hydroxyl groups is 1. The largest absolute Gasteiger partial charge is 0.396 e. The number of nitrogens with one attached hydrogen (secondary N) is 1. The van der Waals surface area contributed by atoms with Crippen LogP contribution in [0.25, 0.3) is 0 Å². The number of hydrogen-bond donors (Lipinski definition) is 2. The van der Waals surface area contributed by atoms with Gasteiger partial charge in [-0.3, -0.25) is 0 Å². The van der Waals surface area contributed by atoms with E-state index in [4.69, 9.17) is 28.3 Å². The Bertz CT molecular complexity index is 305. The summed E-state index contributed by atoms with van der Waals surface area (Å²) < 4.78 is 0. The summed E-state index contributed by atoms with van der Waals surface area (Å²) in [5, 5.41) is 13.3. The quantitative estimate of drug-likeness (QED) is 0.758. The molecule has 0 amide bonds. The van der Waals surface area contributed by atoms with Gasteiger partial charge in [-0.15, -0.1) is 0 Å². The topological polar surface area (TPSA) is 32.3 Å². The summed E-state index contributed by atoms with van der Waals surface area (Å²) in [5.41, 5.74) is 1.06. The lowest BCUT2D eigenvalue weighted by atomic mass is 10.1. The summed E-state index contributed by atoms with van der Waals surface area (Å²) in [6.07, 6.45) is 1.63. The van der Waals surface area contributed by atoms with Gasteiger partial charge in [0.15, 0.2) is 0 Å². The minimum atomic E-state index is 0.227. The van der Waals surface area contributed by atoms with Crippen LogP contribution in [0.2, 0.25) is 10.0 Å². The van der Waals surface area contributed by atoms with E-state index in [1.165, 1.54) is 0 Å². The zero-order valence-electron chi connectivity index (χ0n) is 8.47. The first-order valence-electron chi connectivity index (χ1n) is 4.99. The van der Waals surface area contributed by atoms with E-state index in [0.717, 1.165) is 36.5 Å². The zero-order valence-corrected chi connectivity index (χ0v) is 9.98. The first-order valence-corrected chi connectivity index (χ1v) is 5.75. The van der Waals surface area contributed by atoms with E-state index in [-0.39, 0.29) is 6.61 Å². The lowest BCUT2D eigenvalue weighted by Gasteiger charge is -2.06. The Kier molecular flexibility index (Phi) is 6.03. The minimum Gasteiger partial charge on any atom is -0.396 e. The van der Waals surface area contributed by atoms with Gasteiger partial charge in [-0.2, -0.15) is 0 Å². The van der Waals surface area contributed by atoms with E-state index in [1.807, 2.05) is 12.1 Å². The molecular formula is C11H15Cl2NO. The second-order valence-electron chi connectivity index (χ2n) is 3.31. The molecule has 1 rings (SSSR count). The molecule has 0 aromatic heterocycles. The van der Waals surface area contributed by atoms with Gasteiger partial charge in [-0.1, -0.05) is 23.2 Å². The predicted molar refractivity (Wildman–Crippen MR) is 64.7 cm³/mol. The van der Waals surface area contributed by atoms with E-state index in [9.17, 15) is 0 Å². The van der Waals surface area contributed by atoms with E-state index in [1.54, 1.807) is 6.07 Å². The van der Waals surface area contributed by atoms with Gasteiger partial charge >= 0.3 is 0 Å². The summed E-state index contributed by atoms with van der Waals surface area (Å²) >= 11 is 11.9. The molecule has 1 aromatic rings. The summed E-state index contributed by atoms with van der Waals surface area (Å²) in [4.78, 5) is 0. The molecule has 0 saturated carbocycles. The molecule has 0 heterocycles. The maximum absolute atomic E-state index is 8.58. The van der Waals surface area contributed by atoms with Crippen LogP contribution >= 0.6 is 23.2 Å². The lowest BCUT2D eigenvalue weighted by molar-refractivity contribution is 0.286. The molecule has 0 unspecified atom stereocenters. The molecular weight excluding hydrogens is 233 g/mol. The zero-order chi connectivity index (χ0) is 11.1. The van der Waals surface area contributed by atoms with Gasteiger partial charge < -0.3 is 10.4 Å². The molecule has 84 valence electrons. The van der Waals surface area contributed by atoms with Crippen LogP contribution < -0.4 is 5.32 Å². The molecule has 0 radical (unpaired) electrons. The van der Waals surface area contributed by atoms with E-state index in [2.05, 4.69) is 5.32 Å². The van der Waals surface area contributed by atoms with Crippen molar-refractivity contribution in [2.45, 2.75) is 12.8 Å². The lowest BCUT2D eigenvalue weighted by Crippen LogP contribution is -2.19. The predicted octanol–water partition coefficient (Wildman–Crippen LogP) is 2.51. The summed E-state index contributed by atoms with van der Waals surface area (Å²) in [5.74, 6) is 0. The maximum Gasteiger partial charge on any atom is 0.0443 e. The molecule has 0 fully saturated rings. The highest BCUT2D eigenvalue weighted by molar-refractivity contribution is 6.33. The van der Waals surface area contributed by atoms with E-state index in [0.29, 0.717) is 5.02 Å². The molecule has 0 aliphatic heterocycles. The normalized spacial score (nSPS) is 10.6. The average Bonchev–Trinajstić information content (AvgIpc) is 2.23. The first kappa shape index (κ1) is 12.8. The van der Waals surface area contributed by atoms with Gasteiger partial charge in [0.2, 0.25) is 0 Å². The molecule has 2 N–H and O–H groups in total. The minimum absolute atomic E-state index is 0.227. The highest BCUT2D eigenvalue weighted by Crippen LogP contribution is 2.20. The van der Waals surface area contributed by atoms with Gasteiger partial charge in [-0.05, 0) is 49.7 Å². The monoisotopic (exact) mass is 247 g/mol. The molecule has 0 atom stereocenters. The Hall–Kier alpha value is -0.280. The van der Waals surface area contributed by atoms with Crippen LogP contribution in [0.4, 0.5) is 0 Å². The van der Waals surface area contributed by atoms with Crippen molar-refractivity contribution in [3.8, 4) is 0 Å². The van der Waals surface area contributed by atoms with Crippen LogP contribution in [-0.4, -0.2) is 24.8 Å². The van der Waals surface area contributed by atoms with Gasteiger partial charge in [0.25, 0.3) is 0 Å². The highest BCUT2D eigenvalue weighted by Gasteiger charge is 2.00. The number of hydrogen-bond acceptors (Lipinski definition) is 2. The van der Waals surface area contributed by atoms with Crippen molar-refractivity contribution in [3.63, 3.8) is 0 Å². The third kappa shape index (κ3) is 4.85. The SMILES string of the molecule is OCCCNCCc1cc(Cl)ccc1Cl. The number of aliphatic hydroxyl groups excluding tert-OH is 1. The van der Waals surface area contributed by atoms with E-state index >= 15 is 0 Å². The Morgan fingerprint density at radius 1 is 1.20 bits per heavy atom. The van der Waals surface area contributed by atoms with Gasteiger partial charge in [0, 0.05) is 16.7 Å².